The van der Waals surface area contributed by atoms with Crippen LogP contribution in [0.25, 0.3) is 0 Å². The Kier molecular flexibility index (Phi) is 4.26. The molecule has 0 saturated carbocycles. The second-order valence-electron chi connectivity index (χ2n) is 3.01. The zero-order valence-electron chi connectivity index (χ0n) is 8.14. The number of nitrogens with zero attached hydrogens (tertiary/aromatic N) is 2. The maximum atomic E-state index is 10.5. The second kappa shape index (κ2) is 5.73. The highest BCUT2D eigenvalue weighted by Gasteiger charge is 2.04. The van der Waals surface area contributed by atoms with Crippen molar-refractivity contribution in [3.8, 4) is 6.07 Å². The van der Waals surface area contributed by atoms with Crippen LogP contribution in [0.2, 0.25) is 0 Å². The highest BCUT2D eigenvalue weighted by Crippen LogP contribution is 2.12. The highest BCUT2D eigenvalue weighted by molar-refractivity contribution is 5.34. The highest BCUT2D eigenvalue weighted by atomic mass is 16.6. The summed E-state index contributed by atoms with van der Waals surface area (Å²) in [6.45, 7) is 1.14. The SMILES string of the molecule is N#CCCNCc1cccc([N+](=O)[O-])c1. The van der Waals surface area contributed by atoms with Gasteiger partial charge in [0.25, 0.3) is 5.69 Å². The molecule has 0 radical (unpaired) electrons. The van der Waals surface area contributed by atoms with E-state index in [0.29, 0.717) is 19.5 Å². The molecule has 1 aromatic rings. The predicted octanol–water partition coefficient (Wildman–Crippen LogP) is 1.60. The van der Waals surface area contributed by atoms with Gasteiger partial charge in [-0.3, -0.25) is 10.1 Å². The molecule has 0 fully saturated rings. The minimum Gasteiger partial charge on any atom is -0.312 e. The van der Waals surface area contributed by atoms with E-state index in [2.05, 4.69) is 5.32 Å². The molecule has 15 heavy (non-hydrogen) atoms. The Morgan fingerprint density at radius 2 is 2.33 bits per heavy atom. The van der Waals surface area contributed by atoms with Gasteiger partial charge in [-0.1, -0.05) is 12.1 Å². The summed E-state index contributed by atoms with van der Waals surface area (Å²) >= 11 is 0. The van der Waals surface area contributed by atoms with Gasteiger partial charge in [-0.25, -0.2) is 0 Å². The zero-order valence-corrected chi connectivity index (χ0v) is 8.14. The predicted molar refractivity (Wildman–Crippen MR) is 55.0 cm³/mol. The number of nitriles is 1. The number of nitrogens with one attached hydrogen (secondary N) is 1. The molecular weight excluding hydrogens is 194 g/mol. The Morgan fingerprint density at radius 1 is 1.53 bits per heavy atom. The number of nitro benzene ring substituents is 1. The van der Waals surface area contributed by atoms with Crippen LogP contribution in [0.3, 0.4) is 0 Å². The van der Waals surface area contributed by atoms with Gasteiger partial charge in [0.1, 0.15) is 0 Å². The van der Waals surface area contributed by atoms with Gasteiger partial charge in [0.05, 0.1) is 11.0 Å². The Balaban J connectivity index is 2.51. The summed E-state index contributed by atoms with van der Waals surface area (Å²) in [5, 5.41) is 21.8. The monoisotopic (exact) mass is 205 g/mol. The summed E-state index contributed by atoms with van der Waals surface area (Å²) < 4.78 is 0. The maximum absolute atomic E-state index is 10.5. The third-order valence-electron chi connectivity index (χ3n) is 1.86. The van der Waals surface area contributed by atoms with Crippen molar-refractivity contribution in [2.75, 3.05) is 6.54 Å². The van der Waals surface area contributed by atoms with Crippen LogP contribution in [0.1, 0.15) is 12.0 Å². The molecular formula is C10H11N3O2. The second-order valence-corrected chi connectivity index (χ2v) is 3.01. The van der Waals surface area contributed by atoms with Crippen molar-refractivity contribution in [2.24, 2.45) is 0 Å². The van der Waals surface area contributed by atoms with Crippen molar-refractivity contribution < 1.29 is 4.92 Å². The van der Waals surface area contributed by atoms with Crippen LogP contribution in [-0.2, 0) is 6.54 Å². The normalized spacial score (nSPS) is 9.53. The van der Waals surface area contributed by atoms with Gasteiger partial charge in [-0.2, -0.15) is 5.26 Å². The average molecular weight is 205 g/mol. The molecule has 5 heteroatoms. The topological polar surface area (TPSA) is 79.0 Å². The van der Waals surface area contributed by atoms with Crippen LogP contribution in [0.15, 0.2) is 24.3 Å². The summed E-state index contributed by atoms with van der Waals surface area (Å²) in [6, 6.07) is 8.46. The van der Waals surface area contributed by atoms with Gasteiger partial charge in [0.2, 0.25) is 0 Å². The van der Waals surface area contributed by atoms with Crippen molar-refractivity contribution in [2.45, 2.75) is 13.0 Å². The number of non-ortho nitro benzene ring substituents is 1. The molecule has 1 rings (SSSR count). The lowest BCUT2D eigenvalue weighted by Crippen LogP contribution is -2.14. The maximum Gasteiger partial charge on any atom is 0.269 e. The van der Waals surface area contributed by atoms with Gasteiger partial charge in [0.15, 0.2) is 0 Å². The Bertz CT molecular complexity index is 384. The lowest BCUT2D eigenvalue weighted by molar-refractivity contribution is -0.384. The van der Waals surface area contributed by atoms with Crippen LogP contribution in [0.4, 0.5) is 5.69 Å². The van der Waals surface area contributed by atoms with E-state index in [1.807, 2.05) is 12.1 Å². The van der Waals surface area contributed by atoms with Crippen LogP contribution < -0.4 is 5.32 Å². The molecule has 0 saturated heterocycles. The standard InChI is InChI=1S/C10H11N3O2/c11-5-2-6-12-8-9-3-1-4-10(7-9)13(14)15/h1,3-4,7,12H,2,6,8H2. The molecule has 0 aliphatic carbocycles. The number of nitro groups is 1. The largest absolute Gasteiger partial charge is 0.312 e. The van der Waals surface area contributed by atoms with Gasteiger partial charge in [0, 0.05) is 31.6 Å². The van der Waals surface area contributed by atoms with Crippen molar-refractivity contribution in [3.63, 3.8) is 0 Å². The van der Waals surface area contributed by atoms with Crippen molar-refractivity contribution in [3.05, 3.63) is 39.9 Å². The molecule has 5 nitrogen and oxygen atoms in total. The molecule has 0 heterocycles. The first-order chi connectivity index (χ1) is 7.24. The molecule has 1 N–H and O–H groups in total. The summed E-state index contributed by atoms with van der Waals surface area (Å²) in [4.78, 5) is 10.1. The summed E-state index contributed by atoms with van der Waals surface area (Å²) in [6.07, 6.45) is 0.439. The first-order valence-corrected chi connectivity index (χ1v) is 4.55. The number of hydrogen-bond donors (Lipinski definition) is 1. The molecule has 0 atom stereocenters. The summed E-state index contributed by atoms with van der Waals surface area (Å²) in [5.74, 6) is 0. The molecule has 1 aromatic carbocycles. The molecule has 0 unspecified atom stereocenters. The average Bonchev–Trinajstić information content (AvgIpc) is 2.25. The lowest BCUT2D eigenvalue weighted by Gasteiger charge is -2.01. The molecule has 0 aromatic heterocycles. The van der Waals surface area contributed by atoms with Crippen LogP contribution in [0, 0.1) is 21.4 Å². The molecule has 0 bridgehead atoms. The van der Waals surface area contributed by atoms with Crippen LogP contribution in [0.5, 0.6) is 0 Å². The smallest absolute Gasteiger partial charge is 0.269 e. The van der Waals surface area contributed by atoms with Crippen LogP contribution in [-0.4, -0.2) is 11.5 Å². The fourth-order valence-electron chi connectivity index (χ4n) is 1.16. The first-order valence-electron chi connectivity index (χ1n) is 4.55. The molecule has 78 valence electrons. The van der Waals surface area contributed by atoms with E-state index in [1.165, 1.54) is 12.1 Å². The molecule has 0 amide bonds. The first kappa shape index (κ1) is 11.1. The lowest BCUT2D eigenvalue weighted by atomic mass is 10.2. The fourth-order valence-corrected chi connectivity index (χ4v) is 1.16. The van der Waals surface area contributed by atoms with E-state index < -0.39 is 4.92 Å². The zero-order chi connectivity index (χ0) is 11.1. The third-order valence-corrected chi connectivity index (χ3v) is 1.86. The Hall–Kier alpha value is -1.93. The third kappa shape index (κ3) is 3.75. The minimum atomic E-state index is -0.418. The number of benzene rings is 1. The quantitative estimate of drug-likeness (QED) is 0.450. The molecule has 0 spiro atoms. The van der Waals surface area contributed by atoms with Crippen molar-refractivity contribution in [1.82, 2.24) is 5.32 Å². The van der Waals surface area contributed by atoms with Gasteiger partial charge in [-0.05, 0) is 5.56 Å². The van der Waals surface area contributed by atoms with Gasteiger partial charge < -0.3 is 5.32 Å². The number of rotatable bonds is 5. The van der Waals surface area contributed by atoms with E-state index in [0.717, 1.165) is 5.56 Å². The van der Waals surface area contributed by atoms with E-state index in [9.17, 15) is 10.1 Å². The summed E-state index contributed by atoms with van der Waals surface area (Å²) in [7, 11) is 0. The van der Waals surface area contributed by atoms with Crippen LogP contribution >= 0.6 is 0 Å². The van der Waals surface area contributed by atoms with E-state index >= 15 is 0 Å². The van der Waals surface area contributed by atoms with Gasteiger partial charge in [-0.15, -0.1) is 0 Å². The molecule has 0 aliphatic rings. The van der Waals surface area contributed by atoms with E-state index in [4.69, 9.17) is 5.26 Å². The van der Waals surface area contributed by atoms with Gasteiger partial charge >= 0.3 is 0 Å². The Labute approximate surface area is 87.5 Å². The number of hydrogen-bond acceptors (Lipinski definition) is 4. The van der Waals surface area contributed by atoms with E-state index in [1.54, 1.807) is 6.07 Å². The fraction of sp³-hybridized carbons (Fsp3) is 0.300. The van der Waals surface area contributed by atoms with Crippen molar-refractivity contribution >= 4 is 5.69 Å². The minimum absolute atomic E-state index is 0.0922. The summed E-state index contributed by atoms with van der Waals surface area (Å²) in [5.41, 5.74) is 0.941. The van der Waals surface area contributed by atoms with Crippen molar-refractivity contribution in [1.29, 1.82) is 5.26 Å². The molecule has 0 aliphatic heterocycles. The van der Waals surface area contributed by atoms with E-state index in [-0.39, 0.29) is 5.69 Å². The Morgan fingerprint density at radius 3 is 3.00 bits per heavy atom.